The van der Waals surface area contributed by atoms with Crippen LogP contribution in [0, 0.1) is 11.7 Å². The predicted molar refractivity (Wildman–Crippen MR) is 82.6 cm³/mol. The van der Waals surface area contributed by atoms with Crippen LogP contribution in [0.5, 0.6) is 0 Å². The SMILES string of the molecule is CC(C)(C)OC(=O)N1CC[C@@H](Cc2ccc(F)cc2)[C@@H]1C(=O)O. The van der Waals surface area contributed by atoms with Crippen molar-refractivity contribution in [2.24, 2.45) is 5.92 Å². The summed E-state index contributed by atoms with van der Waals surface area (Å²) in [4.78, 5) is 25.1. The van der Waals surface area contributed by atoms with E-state index in [0.717, 1.165) is 5.56 Å². The highest BCUT2D eigenvalue weighted by molar-refractivity contribution is 5.81. The van der Waals surface area contributed by atoms with Crippen molar-refractivity contribution < 1.29 is 23.8 Å². The van der Waals surface area contributed by atoms with Crippen molar-refractivity contribution in [3.8, 4) is 0 Å². The van der Waals surface area contributed by atoms with Crippen molar-refractivity contribution in [3.63, 3.8) is 0 Å². The van der Waals surface area contributed by atoms with Crippen LogP contribution in [0.1, 0.15) is 32.8 Å². The average Bonchev–Trinajstić information content (AvgIpc) is 2.83. The molecule has 6 heteroatoms. The third kappa shape index (κ3) is 4.43. The van der Waals surface area contributed by atoms with E-state index in [4.69, 9.17) is 4.74 Å². The van der Waals surface area contributed by atoms with E-state index in [1.807, 2.05) is 0 Å². The molecule has 1 heterocycles. The van der Waals surface area contributed by atoms with Crippen molar-refractivity contribution in [1.29, 1.82) is 0 Å². The second kappa shape index (κ2) is 6.56. The molecule has 5 nitrogen and oxygen atoms in total. The minimum Gasteiger partial charge on any atom is -0.480 e. The number of halogens is 1. The third-order valence-electron chi connectivity index (χ3n) is 3.82. The number of amides is 1. The maximum Gasteiger partial charge on any atom is 0.411 e. The van der Waals surface area contributed by atoms with Crippen LogP contribution < -0.4 is 0 Å². The molecule has 0 radical (unpaired) electrons. The van der Waals surface area contributed by atoms with Gasteiger partial charge < -0.3 is 9.84 Å². The number of hydrogen-bond acceptors (Lipinski definition) is 3. The molecule has 23 heavy (non-hydrogen) atoms. The minimum atomic E-state index is -1.04. The van der Waals surface area contributed by atoms with Gasteiger partial charge in [0, 0.05) is 6.54 Å². The summed E-state index contributed by atoms with van der Waals surface area (Å²) in [5.41, 5.74) is 0.184. The van der Waals surface area contributed by atoms with Crippen LogP contribution >= 0.6 is 0 Å². The Bertz CT molecular complexity index is 579. The van der Waals surface area contributed by atoms with Crippen molar-refractivity contribution in [1.82, 2.24) is 4.90 Å². The summed E-state index contributed by atoms with van der Waals surface area (Å²) >= 11 is 0. The second-order valence-electron chi connectivity index (χ2n) is 6.84. The van der Waals surface area contributed by atoms with E-state index in [0.29, 0.717) is 19.4 Å². The number of aliphatic carboxylic acids is 1. The lowest BCUT2D eigenvalue weighted by Crippen LogP contribution is -2.45. The Balaban J connectivity index is 2.11. The fourth-order valence-corrected chi connectivity index (χ4v) is 2.85. The summed E-state index contributed by atoms with van der Waals surface area (Å²) in [6, 6.07) is 5.07. The largest absolute Gasteiger partial charge is 0.480 e. The summed E-state index contributed by atoms with van der Waals surface area (Å²) < 4.78 is 18.3. The molecule has 2 atom stereocenters. The summed E-state index contributed by atoms with van der Waals surface area (Å²) in [5, 5.41) is 9.51. The highest BCUT2D eigenvalue weighted by Crippen LogP contribution is 2.29. The van der Waals surface area contributed by atoms with Crippen LogP contribution in [-0.2, 0) is 16.0 Å². The molecule has 0 aromatic heterocycles. The predicted octanol–water partition coefficient (Wildman–Crippen LogP) is 3.08. The number of hydrogen-bond donors (Lipinski definition) is 1. The van der Waals surface area contributed by atoms with Crippen LogP contribution in [0.25, 0.3) is 0 Å². The van der Waals surface area contributed by atoms with Crippen LogP contribution in [-0.4, -0.2) is 40.3 Å². The molecule has 0 aliphatic carbocycles. The Labute approximate surface area is 135 Å². The molecule has 0 saturated carbocycles. The number of rotatable bonds is 3. The first-order chi connectivity index (χ1) is 10.7. The minimum absolute atomic E-state index is 0.217. The molecular formula is C17H22FNO4. The number of carboxylic acids is 1. The zero-order valence-corrected chi connectivity index (χ0v) is 13.6. The molecular weight excluding hydrogens is 301 g/mol. The second-order valence-corrected chi connectivity index (χ2v) is 6.84. The molecule has 0 spiro atoms. The first-order valence-electron chi connectivity index (χ1n) is 7.64. The number of carbonyl (C=O) groups excluding carboxylic acids is 1. The average molecular weight is 323 g/mol. The first-order valence-corrected chi connectivity index (χ1v) is 7.64. The topological polar surface area (TPSA) is 66.8 Å². The fraction of sp³-hybridized carbons (Fsp3) is 0.529. The zero-order chi connectivity index (χ0) is 17.2. The number of ether oxygens (including phenoxy) is 1. The van der Waals surface area contributed by atoms with E-state index >= 15 is 0 Å². The number of nitrogens with zero attached hydrogens (tertiary/aromatic N) is 1. The number of likely N-dealkylation sites (tertiary alicyclic amines) is 1. The fourth-order valence-electron chi connectivity index (χ4n) is 2.85. The van der Waals surface area contributed by atoms with Gasteiger partial charge in [-0.2, -0.15) is 0 Å². The van der Waals surface area contributed by atoms with Crippen LogP contribution in [0.3, 0.4) is 0 Å². The molecule has 1 aliphatic heterocycles. The van der Waals surface area contributed by atoms with Crippen LogP contribution in [0.15, 0.2) is 24.3 Å². The van der Waals surface area contributed by atoms with Crippen molar-refractivity contribution in [3.05, 3.63) is 35.6 Å². The molecule has 126 valence electrons. The number of carbonyl (C=O) groups is 2. The van der Waals surface area contributed by atoms with Gasteiger partial charge in [-0.15, -0.1) is 0 Å². The normalized spacial score (nSPS) is 21.3. The number of benzene rings is 1. The van der Waals surface area contributed by atoms with Gasteiger partial charge in [0.25, 0.3) is 0 Å². The van der Waals surface area contributed by atoms with Crippen LogP contribution in [0.2, 0.25) is 0 Å². The molecule has 0 unspecified atom stereocenters. The first kappa shape index (κ1) is 17.2. The van der Waals surface area contributed by atoms with Crippen molar-refractivity contribution in [2.45, 2.75) is 45.3 Å². The molecule has 1 aromatic carbocycles. The van der Waals surface area contributed by atoms with Crippen molar-refractivity contribution in [2.75, 3.05) is 6.54 Å². The van der Waals surface area contributed by atoms with E-state index in [1.54, 1.807) is 32.9 Å². The lowest BCUT2D eigenvalue weighted by molar-refractivity contribution is -0.143. The Morgan fingerprint density at radius 1 is 1.30 bits per heavy atom. The summed E-state index contributed by atoms with van der Waals surface area (Å²) in [5.74, 6) is -1.59. The molecule has 1 saturated heterocycles. The van der Waals surface area contributed by atoms with Crippen LogP contribution in [0.4, 0.5) is 9.18 Å². The highest BCUT2D eigenvalue weighted by atomic mass is 19.1. The van der Waals surface area contributed by atoms with Gasteiger partial charge in [-0.3, -0.25) is 4.90 Å². The quantitative estimate of drug-likeness (QED) is 0.928. The van der Waals surface area contributed by atoms with E-state index < -0.39 is 23.7 Å². The third-order valence-corrected chi connectivity index (χ3v) is 3.82. The van der Waals surface area contributed by atoms with Gasteiger partial charge in [-0.1, -0.05) is 12.1 Å². The summed E-state index contributed by atoms with van der Waals surface area (Å²) in [6.07, 6.45) is 0.455. The Kier molecular flexibility index (Phi) is 4.92. The maximum atomic E-state index is 13.0. The standard InChI is InChI=1S/C17H22FNO4/c1-17(2,3)23-16(22)19-9-8-12(14(19)15(20)21)10-11-4-6-13(18)7-5-11/h4-7,12,14H,8-10H2,1-3H3,(H,20,21)/t12-,14+/m0/s1. The Morgan fingerprint density at radius 2 is 1.91 bits per heavy atom. The summed E-state index contributed by atoms with van der Waals surface area (Å²) in [6.45, 7) is 5.57. The monoisotopic (exact) mass is 323 g/mol. The zero-order valence-electron chi connectivity index (χ0n) is 13.6. The lowest BCUT2D eigenvalue weighted by Gasteiger charge is -2.28. The maximum absolute atomic E-state index is 13.0. The van der Waals surface area contributed by atoms with Gasteiger partial charge in [-0.05, 0) is 57.2 Å². The molecule has 1 aromatic rings. The molecule has 1 fully saturated rings. The summed E-state index contributed by atoms with van der Waals surface area (Å²) in [7, 11) is 0. The van der Waals surface area contributed by atoms with Gasteiger partial charge in [0.1, 0.15) is 17.5 Å². The van der Waals surface area contributed by atoms with Gasteiger partial charge in [0.05, 0.1) is 0 Å². The number of carboxylic acid groups (broad SMARTS) is 1. The van der Waals surface area contributed by atoms with Gasteiger partial charge in [0.2, 0.25) is 0 Å². The van der Waals surface area contributed by atoms with E-state index in [1.165, 1.54) is 17.0 Å². The lowest BCUT2D eigenvalue weighted by atomic mass is 9.92. The van der Waals surface area contributed by atoms with Gasteiger partial charge >= 0.3 is 12.1 Å². The van der Waals surface area contributed by atoms with E-state index in [-0.39, 0.29) is 11.7 Å². The molecule has 1 N–H and O–H groups in total. The Hall–Kier alpha value is -2.11. The Morgan fingerprint density at radius 3 is 2.43 bits per heavy atom. The molecule has 1 amide bonds. The highest BCUT2D eigenvalue weighted by Gasteiger charge is 2.43. The molecule has 0 bridgehead atoms. The van der Waals surface area contributed by atoms with Crippen molar-refractivity contribution >= 4 is 12.1 Å². The van der Waals surface area contributed by atoms with E-state index in [9.17, 15) is 19.1 Å². The molecule has 1 aliphatic rings. The van der Waals surface area contributed by atoms with Gasteiger partial charge in [0.15, 0.2) is 0 Å². The smallest absolute Gasteiger partial charge is 0.411 e. The van der Waals surface area contributed by atoms with E-state index in [2.05, 4.69) is 0 Å². The molecule has 2 rings (SSSR count). The van der Waals surface area contributed by atoms with Gasteiger partial charge in [-0.25, -0.2) is 14.0 Å².